The van der Waals surface area contributed by atoms with E-state index in [2.05, 4.69) is 56.6 Å². The molecule has 2 aromatic rings. The Balaban J connectivity index is 1.72. The molecule has 0 radical (unpaired) electrons. The molecule has 0 unspecified atom stereocenters. The summed E-state index contributed by atoms with van der Waals surface area (Å²) >= 11 is 3.60. The van der Waals surface area contributed by atoms with Crippen LogP contribution in [0.5, 0.6) is 0 Å². The van der Waals surface area contributed by atoms with Crippen molar-refractivity contribution in [1.82, 2.24) is 10.3 Å². The molecule has 116 valence electrons. The zero-order valence-corrected chi connectivity index (χ0v) is 14.2. The summed E-state index contributed by atoms with van der Waals surface area (Å²) in [6.07, 6.45) is 3.95. The van der Waals surface area contributed by atoms with Crippen molar-refractivity contribution in [3.63, 3.8) is 0 Å². The largest absolute Gasteiger partial charge is 0.381 e. The van der Waals surface area contributed by atoms with Gasteiger partial charge in [0.15, 0.2) is 0 Å². The first-order chi connectivity index (χ1) is 10.8. The number of benzene rings is 1. The van der Waals surface area contributed by atoms with Gasteiger partial charge in [0, 0.05) is 42.4 Å². The van der Waals surface area contributed by atoms with Crippen LogP contribution in [-0.4, -0.2) is 24.7 Å². The van der Waals surface area contributed by atoms with Crippen molar-refractivity contribution in [2.24, 2.45) is 0 Å². The van der Waals surface area contributed by atoms with Crippen LogP contribution in [-0.2, 0) is 16.7 Å². The number of nitrogens with one attached hydrogen (secondary N) is 1. The average Bonchev–Trinajstić information content (AvgIpc) is 2.57. The maximum Gasteiger partial charge on any atom is 0.0541 e. The van der Waals surface area contributed by atoms with Crippen LogP contribution in [0.1, 0.15) is 24.1 Å². The summed E-state index contributed by atoms with van der Waals surface area (Å²) in [5, 5.41) is 3.60. The van der Waals surface area contributed by atoms with Crippen molar-refractivity contribution in [3.8, 4) is 0 Å². The summed E-state index contributed by atoms with van der Waals surface area (Å²) in [5.41, 5.74) is 2.62. The van der Waals surface area contributed by atoms with Gasteiger partial charge in [0.05, 0.1) is 5.69 Å². The maximum atomic E-state index is 5.59. The van der Waals surface area contributed by atoms with Crippen LogP contribution in [0.4, 0.5) is 0 Å². The minimum atomic E-state index is 0.150. The van der Waals surface area contributed by atoms with Gasteiger partial charge in [-0.2, -0.15) is 0 Å². The number of halogens is 1. The Morgan fingerprint density at radius 1 is 1.14 bits per heavy atom. The number of ether oxygens (including phenoxy) is 1. The Kier molecular flexibility index (Phi) is 5.24. The van der Waals surface area contributed by atoms with Crippen LogP contribution in [0.15, 0.2) is 53.1 Å². The van der Waals surface area contributed by atoms with Crippen molar-refractivity contribution in [1.29, 1.82) is 0 Å². The zero-order valence-electron chi connectivity index (χ0n) is 12.6. The minimum absolute atomic E-state index is 0.150. The van der Waals surface area contributed by atoms with Gasteiger partial charge in [0.25, 0.3) is 0 Å². The Morgan fingerprint density at radius 2 is 2.00 bits per heavy atom. The molecule has 0 spiro atoms. The first kappa shape index (κ1) is 15.7. The van der Waals surface area contributed by atoms with E-state index >= 15 is 0 Å². The SMILES string of the molecule is Brc1cccc(C2(CNCc3ccccn3)CCOCC2)c1. The molecule has 3 rings (SSSR count). The normalized spacial score (nSPS) is 17.3. The Labute approximate surface area is 140 Å². The van der Waals surface area contributed by atoms with Crippen LogP contribution in [0.2, 0.25) is 0 Å². The quantitative estimate of drug-likeness (QED) is 0.882. The van der Waals surface area contributed by atoms with E-state index in [9.17, 15) is 0 Å². The van der Waals surface area contributed by atoms with Gasteiger partial charge in [-0.05, 0) is 42.7 Å². The summed E-state index contributed by atoms with van der Waals surface area (Å²) in [6.45, 7) is 3.41. The van der Waals surface area contributed by atoms with Gasteiger partial charge in [-0.15, -0.1) is 0 Å². The van der Waals surface area contributed by atoms with Crippen molar-refractivity contribution >= 4 is 15.9 Å². The number of hydrogen-bond acceptors (Lipinski definition) is 3. The smallest absolute Gasteiger partial charge is 0.0541 e. The maximum absolute atomic E-state index is 5.59. The third kappa shape index (κ3) is 3.75. The third-order valence-electron chi connectivity index (χ3n) is 4.38. The molecule has 1 N–H and O–H groups in total. The molecule has 1 aliphatic heterocycles. The summed E-state index contributed by atoms with van der Waals surface area (Å²) in [6, 6.07) is 14.7. The zero-order chi connectivity index (χ0) is 15.3. The molecule has 0 amide bonds. The second-order valence-electron chi connectivity index (χ2n) is 5.83. The third-order valence-corrected chi connectivity index (χ3v) is 4.88. The second-order valence-corrected chi connectivity index (χ2v) is 6.74. The van der Waals surface area contributed by atoms with Gasteiger partial charge in [-0.3, -0.25) is 4.98 Å². The highest BCUT2D eigenvalue weighted by Crippen LogP contribution is 2.35. The monoisotopic (exact) mass is 360 g/mol. The van der Waals surface area contributed by atoms with Crippen molar-refractivity contribution in [3.05, 3.63) is 64.4 Å². The average molecular weight is 361 g/mol. The van der Waals surface area contributed by atoms with Gasteiger partial charge < -0.3 is 10.1 Å². The van der Waals surface area contributed by atoms with E-state index in [0.717, 1.165) is 49.3 Å². The summed E-state index contributed by atoms with van der Waals surface area (Å²) in [5.74, 6) is 0. The van der Waals surface area contributed by atoms with E-state index in [4.69, 9.17) is 4.74 Å². The van der Waals surface area contributed by atoms with Gasteiger partial charge in [0.1, 0.15) is 0 Å². The molecule has 0 atom stereocenters. The predicted octanol–water partition coefficient (Wildman–Crippen LogP) is 3.68. The Morgan fingerprint density at radius 3 is 2.73 bits per heavy atom. The highest BCUT2D eigenvalue weighted by Gasteiger charge is 2.34. The summed E-state index contributed by atoms with van der Waals surface area (Å²) in [7, 11) is 0. The van der Waals surface area contributed by atoms with Gasteiger partial charge in [0.2, 0.25) is 0 Å². The number of rotatable bonds is 5. The molecule has 1 fully saturated rings. The molecule has 1 saturated heterocycles. The molecular weight excluding hydrogens is 340 g/mol. The lowest BCUT2D eigenvalue weighted by Gasteiger charge is -2.38. The highest BCUT2D eigenvalue weighted by molar-refractivity contribution is 9.10. The Bertz CT molecular complexity index is 597. The fraction of sp³-hybridized carbons (Fsp3) is 0.389. The number of pyridine rings is 1. The summed E-state index contributed by atoms with van der Waals surface area (Å²) in [4.78, 5) is 4.38. The van der Waals surface area contributed by atoms with Crippen LogP contribution in [0.25, 0.3) is 0 Å². The fourth-order valence-electron chi connectivity index (χ4n) is 3.08. The Hall–Kier alpha value is -1.23. The standard InChI is InChI=1S/C18H21BrN2O/c19-16-5-3-4-15(12-16)18(7-10-22-11-8-18)14-20-13-17-6-1-2-9-21-17/h1-6,9,12,20H,7-8,10-11,13-14H2. The van der Waals surface area contributed by atoms with E-state index < -0.39 is 0 Å². The molecular formula is C18H21BrN2O. The lowest BCUT2D eigenvalue weighted by molar-refractivity contribution is 0.0497. The van der Waals surface area contributed by atoms with Crippen molar-refractivity contribution in [2.75, 3.05) is 19.8 Å². The molecule has 4 heteroatoms. The van der Waals surface area contributed by atoms with Gasteiger partial charge in [-0.25, -0.2) is 0 Å². The minimum Gasteiger partial charge on any atom is -0.381 e. The highest BCUT2D eigenvalue weighted by atomic mass is 79.9. The fourth-order valence-corrected chi connectivity index (χ4v) is 3.48. The lowest BCUT2D eigenvalue weighted by atomic mass is 9.74. The number of nitrogens with zero attached hydrogens (tertiary/aromatic N) is 1. The van der Waals surface area contributed by atoms with Crippen LogP contribution in [0, 0.1) is 0 Å². The number of aromatic nitrogens is 1. The molecule has 0 bridgehead atoms. The van der Waals surface area contributed by atoms with E-state index in [-0.39, 0.29) is 5.41 Å². The molecule has 2 heterocycles. The van der Waals surface area contributed by atoms with Crippen LogP contribution < -0.4 is 5.32 Å². The van der Waals surface area contributed by atoms with E-state index in [1.54, 1.807) is 0 Å². The number of hydrogen-bond donors (Lipinski definition) is 1. The summed E-state index contributed by atoms with van der Waals surface area (Å²) < 4.78 is 6.73. The van der Waals surface area contributed by atoms with Crippen LogP contribution >= 0.6 is 15.9 Å². The van der Waals surface area contributed by atoms with E-state index in [1.165, 1.54) is 5.56 Å². The molecule has 0 aliphatic carbocycles. The molecule has 0 saturated carbocycles. The predicted molar refractivity (Wildman–Crippen MR) is 91.8 cm³/mol. The van der Waals surface area contributed by atoms with Crippen LogP contribution in [0.3, 0.4) is 0 Å². The first-order valence-electron chi connectivity index (χ1n) is 7.73. The molecule has 1 aromatic carbocycles. The van der Waals surface area contributed by atoms with Crippen molar-refractivity contribution in [2.45, 2.75) is 24.8 Å². The topological polar surface area (TPSA) is 34.2 Å². The molecule has 1 aliphatic rings. The molecule has 22 heavy (non-hydrogen) atoms. The van der Waals surface area contributed by atoms with E-state index in [1.807, 2.05) is 18.3 Å². The van der Waals surface area contributed by atoms with E-state index in [0.29, 0.717) is 0 Å². The molecule has 3 nitrogen and oxygen atoms in total. The lowest BCUT2D eigenvalue weighted by Crippen LogP contribution is -2.42. The molecule has 1 aromatic heterocycles. The first-order valence-corrected chi connectivity index (χ1v) is 8.52. The van der Waals surface area contributed by atoms with Gasteiger partial charge >= 0.3 is 0 Å². The van der Waals surface area contributed by atoms with Gasteiger partial charge in [-0.1, -0.05) is 34.1 Å². The van der Waals surface area contributed by atoms with Crippen molar-refractivity contribution < 1.29 is 4.74 Å². The second kappa shape index (κ2) is 7.36.